The van der Waals surface area contributed by atoms with Gasteiger partial charge in [-0.25, -0.2) is 0 Å². The summed E-state index contributed by atoms with van der Waals surface area (Å²) in [6, 6.07) is 0. The van der Waals surface area contributed by atoms with Gasteiger partial charge >= 0.3 is 0 Å². The molecule has 2 nitrogen and oxygen atoms in total. The molecule has 2 unspecified atom stereocenters. The largest absolute Gasteiger partial charge is 0.364 e. The van der Waals surface area contributed by atoms with Crippen LogP contribution in [0.3, 0.4) is 0 Å². The molecule has 0 radical (unpaired) electrons. The molecular formula is C12H24N2S2. The van der Waals surface area contributed by atoms with Gasteiger partial charge in [0.05, 0.1) is 6.54 Å². The van der Waals surface area contributed by atoms with Gasteiger partial charge in [0.2, 0.25) is 0 Å². The van der Waals surface area contributed by atoms with Crippen molar-refractivity contribution >= 4 is 28.7 Å². The molecule has 0 aromatic rings. The monoisotopic (exact) mass is 260 g/mol. The highest BCUT2D eigenvalue weighted by Gasteiger charge is 2.25. The Balaban J connectivity index is 2.28. The first kappa shape index (κ1) is 14.2. The summed E-state index contributed by atoms with van der Waals surface area (Å²) in [4.78, 5) is 4.60. The van der Waals surface area contributed by atoms with Gasteiger partial charge < -0.3 is 5.32 Å². The molecule has 16 heavy (non-hydrogen) atoms. The molecule has 4 heteroatoms. The number of thioether (sulfide) groups is 2. The fourth-order valence-corrected chi connectivity index (χ4v) is 3.44. The Labute approximate surface area is 108 Å². The van der Waals surface area contributed by atoms with Gasteiger partial charge in [-0.2, -0.15) is 11.8 Å². The van der Waals surface area contributed by atoms with Gasteiger partial charge in [-0.1, -0.05) is 45.4 Å². The van der Waals surface area contributed by atoms with E-state index in [9.17, 15) is 0 Å². The van der Waals surface area contributed by atoms with E-state index in [0.717, 1.165) is 24.2 Å². The van der Waals surface area contributed by atoms with Crippen molar-refractivity contribution in [3.05, 3.63) is 0 Å². The van der Waals surface area contributed by atoms with Crippen molar-refractivity contribution in [2.24, 2.45) is 10.9 Å². The highest BCUT2D eigenvalue weighted by molar-refractivity contribution is 8.14. The maximum Gasteiger partial charge on any atom is 0.156 e. The van der Waals surface area contributed by atoms with Gasteiger partial charge in [-0.3, -0.25) is 4.99 Å². The lowest BCUT2D eigenvalue weighted by molar-refractivity contribution is 0.479. The van der Waals surface area contributed by atoms with Crippen LogP contribution in [0.4, 0.5) is 0 Å². The van der Waals surface area contributed by atoms with Crippen LogP contribution in [0.1, 0.15) is 33.6 Å². The molecular weight excluding hydrogens is 236 g/mol. The molecule has 1 rings (SSSR count). The van der Waals surface area contributed by atoms with E-state index in [-0.39, 0.29) is 0 Å². The van der Waals surface area contributed by atoms with Gasteiger partial charge in [0.15, 0.2) is 5.17 Å². The van der Waals surface area contributed by atoms with E-state index in [1.165, 1.54) is 12.8 Å². The van der Waals surface area contributed by atoms with E-state index in [2.05, 4.69) is 37.3 Å². The summed E-state index contributed by atoms with van der Waals surface area (Å²) in [6.45, 7) is 8.86. The number of nitrogens with one attached hydrogen (secondary N) is 1. The topological polar surface area (TPSA) is 24.4 Å². The summed E-state index contributed by atoms with van der Waals surface area (Å²) in [5.41, 5.74) is 0. The van der Waals surface area contributed by atoms with E-state index in [1.807, 2.05) is 23.5 Å². The third-order valence-corrected chi connectivity index (χ3v) is 5.50. The Bertz CT molecular complexity index is 227. The summed E-state index contributed by atoms with van der Waals surface area (Å²) in [7, 11) is 0. The molecule has 0 saturated heterocycles. The minimum atomic E-state index is 0.662. The van der Waals surface area contributed by atoms with E-state index < -0.39 is 0 Å². The lowest BCUT2D eigenvalue weighted by Gasteiger charge is -2.19. The zero-order chi connectivity index (χ0) is 12.0. The summed E-state index contributed by atoms with van der Waals surface area (Å²) >= 11 is 3.85. The van der Waals surface area contributed by atoms with Gasteiger partial charge in [-0.05, 0) is 12.2 Å². The van der Waals surface area contributed by atoms with Crippen molar-refractivity contribution in [1.29, 1.82) is 0 Å². The second-order valence-electron chi connectivity index (χ2n) is 4.31. The van der Waals surface area contributed by atoms with E-state index in [1.54, 1.807) is 0 Å². The predicted octanol–water partition coefficient (Wildman–Crippen LogP) is 3.24. The zero-order valence-corrected chi connectivity index (χ0v) is 12.5. The van der Waals surface area contributed by atoms with Gasteiger partial charge in [0.25, 0.3) is 0 Å². The molecule has 0 bridgehead atoms. The highest BCUT2D eigenvalue weighted by atomic mass is 32.2. The average molecular weight is 260 g/mol. The first-order valence-electron chi connectivity index (χ1n) is 6.19. The Morgan fingerprint density at radius 2 is 2.19 bits per heavy atom. The van der Waals surface area contributed by atoms with Crippen LogP contribution in [0.5, 0.6) is 0 Å². The van der Waals surface area contributed by atoms with Crippen LogP contribution in [0.25, 0.3) is 0 Å². The molecule has 1 N–H and O–H groups in total. The van der Waals surface area contributed by atoms with Gasteiger partial charge in [-0.15, -0.1) is 0 Å². The predicted molar refractivity (Wildman–Crippen MR) is 78.7 cm³/mol. The normalized spacial score (nSPS) is 22.3. The van der Waals surface area contributed by atoms with E-state index >= 15 is 0 Å². The lowest BCUT2D eigenvalue weighted by atomic mass is 9.99. The molecule has 94 valence electrons. The highest BCUT2D eigenvalue weighted by Crippen LogP contribution is 2.30. The molecule has 1 aliphatic rings. The molecule has 0 fully saturated rings. The number of hydrogen-bond donors (Lipinski definition) is 1. The van der Waals surface area contributed by atoms with Crippen LogP contribution in [0, 0.1) is 5.92 Å². The number of aliphatic imine (C=N–C) groups is 1. The number of hydrogen-bond acceptors (Lipinski definition) is 4. The molecule has 0 saturated carbocycles. The lowest BCUT2D eigenvalue weighted by Crippen LogP contribution is -2.27. The van der Waals surface area contributed by atoms with Gasteiger partial charge in [0.1, 0.15) is 0 Å². The quantitative estimate of drug-likeness (QED) is 0.793. The van der Waals surface area contributed by atoms with Crippen LogP contribution >= 0.6 is 23.5 Å². The average Bonchev–Trinajstić information content (AvgIpc) is 2.76. The molecule has 0 spiro atoms. The van der Waals surface area contributed by atoms with Crippen molar-refractivity contribution in [2.75, 3.05) is 19.3 Å². The first-order valence-corrected chi connectivity index (χ1v) is 8.35. The maximum atomic E-state index is 4.60. The van der Waals surface area contributed by atoms with Crippen LogP contribution in [-0.4, -0.2) is 35.0 Å². The SMILES string of the molecule is CCC(CC)C1CN=C(NCC(C)SC)S1. The summed E-state index contributed by atoms with van der Waals surface area (Å²) in [5, 5.41) is 5.99. The van der Waals surface area contributed by atoms with Crippen molar-refractivity contribution in [2.45, 2.75) is 44.1 Å². The molecule has 2 atom stereocenters. The summed E-state index contributed by atoms with van der Waals surface area (Å²) in [6.07, 6.45) is 4.71. The maximum absolute atomic E-state index is 4.60. The third kappa shape index (κ3) is 4.21. The Kier molecular flexibility index (Phi) is 6.66. The molecule has 0 aromatic carbocycles. The minimum Gasteiger partial charge on any atom is -0.364 e. The van der Waals surface area contributed by atoms with E-state index in [0.29, 0.717) is 10.5 Å². The zero-order valence-electron chi connectivity index (χ0n) is 10.8. The van der Waals surface area contributed by atoms with E-state index in [4.69, 9.17) is 0 Å². The van der Waals surface area contributed by atoms with Crippen molar-refractivity contribution < 1.29 is 0 Å². The number of amidine groups is 1. The van der Waals surface area contributed by atoms with Crippen LogP contribution in [0.15, 0.2) is 4.99 Å². The fourth-order valence-electron chi connectivity index (χ4n) is 1.86. The molecule has 1 aliphatic heterocycles. The molecule has 0 aromatic heterocycles. The molecule has 0 aliphatic carbocycles. The second kappa shape index (κ2) is 7.49. The van der Waals surface area contributed by atoms with Crippen molar-refractivity contribution in [3.8, 4) is 0 Å². The van der Waals surface area contributed by atoms with Gasteiger partial charge in [0, 0.05) is 17.0 Å². The number of nitrogens with zero attached hydrogens (tertiary/aromatic N) is 1. The standard InChI is InChI=1S/C12H24N2S2/c1-5-10(6-2)11-8-14-12(16-11)13-7-9(3)15-4/h9-11H,5-8H2,1-4H3,(H,13,14). The van der Waals surface area contributed by atoms with Crippen LogP contribution in [0.2, 0.25) is 0 Å². The van der Waals surface area contributed by atoms with Crippen molar-refractivity contribution in [3.63, 3.8) is 0 Å². The smallest absolute Gasteiger partial charge is 0.156 e. The molecule has 0 amide bonds. The summed E-state index contributed by atoms with van der Waals surface area (Å²) in [5.74, 6) is 0.825. The second-order valence-corrected chi connectivity index (χ2v) is 6.81. The van der Waals surface area contributed by atoms with Crippen LogP contribution in [-0.2, 0) is 0 Å². The number of rotatable bonds is 6. The Morgan fingerprint density at radius 1 is 1.50 bits per heavy atom. The third-order valence-electron chi connectivity index (χ3n) is 3.20. The molecule has 1 heterocycles. The Hall–Kier alpha value is 0.170. The van der Waals surface area contributed by atoms with Crippen molar-refractivity contribution in [1.82, 2.24) is 5.32 Å². The Morgan fingerprint density at radius 3 is 2.75 bits per heavy atom. The van der Waals surface area contributed by atoms with Crippen LogP contribution < -0.4 is 5.32 Å². The minimum absolute atomic E-state index is 0.662. The summed E-state index contributed by atoms with van der Waals surface area (Å²) < 4.78 is 0. The first-order chi connectivity index (χ1) is 7.71. The fraction of sp³-hybridized carbons (Fsp3) is 0.917.